The van der Waals surface area contributed by atoms with Crippen molar-refractivity contribution in [2.24, 2.45) is 5.92 Å². The van der Waals surface area contributed by atoms with E-state index in [0.717, 1.165) is 43.3 Å². The maximum atomic E-state index is 12.6. The SMILES string of the molecule is CNCCC1CCN(C(=O)C(C)Sc2cc(Cl)ccc2Cl)CC1.Cl. The summed E-state index contributed by atoms with van der Waals surface area (Å²) >= 11 is 13.7. The Labute approximate surface area is 165 Å². The topological polar surface area (TPSA) is 32.3 Å². The molecule has 1 aromatic rings. The molecule has 1 fully saturated rings. The Morgan fingerprint density at radius 2 is 2.04 bits per heavy atom. The van der Waals surface area contributed by atoms with Gasteiger partial charge < -0.3 is 10.2 Å². The first-order valence-corrected chi connectivity index (χ1v) is 9.70. The first-order chi connectivity index (χ1) is 11.0. The molecule has 24 heavy (non-hydrogen) atoms. The highest BCUT2D eigenvalue weighted by Gasteiger charge is 2.26. The smallest absolute Gasteiger partial charge is 0.235 e. The molecule has 0 aromatic heterocycles. The Kier molecular flexibility index (Phi) is 9.83. The number of halogens is 3. The molecule has 0 aliphatic carbocycles. The van der Waals surface area contributed by atoms with Gasteiger partial charge in [0.2, 0.25) is 5.91 Å². The number of benzene rings is 1. The lowest BCUT2D eigenvalue weighted by Gasteiger charge is -2.33. The third-order valence-electron chi connectivity index (χ3n) is 4.27. The minimum Gasteiger partial charge on any atom is -0.342 e. The number of hydrogen-bond acceptors (Lipinski definition) is 3. The van der Waals surface area contributed by atoms with Crippen LogP contribution in [0.5, 0.6) is 0 Å². The van der Waals surface area contributed by atoms with Gasteiger partial charge in [0.15, 0.2) is 0 Å². The number of likely N-dealkylation sites (tertiary alicyclic amines) is 1. The highest BCUT2D eigenvalue weighted by atomic mass is 35.5. The molecule has 1 aliphatic heterocycles. The van der Waals surface area contributed by atoms with Crippen LogP contribution in [0.4, 0.5) is 0 Å². The van der Waals surface area contributed by atoms with Crippen LogP contribution in [-0.2, 0) is 4.79 Å². The summed E-state index contributed by atoms with van der Waals surface area (Å²) in [6.07, 6.45) is 3.40. The van der Waals surface area contributed by atoms with Crippen molar-refractivity contribution in [1.29, 1.82) is 0 Å². The minimum atomic E-state index is -0.153. The summed E-state index contributed by atoms with van der Waals surface area (Å²) in [5.41, 5.74) is 0. The summed E-state index contributed by atoms with van der Waals surface area (Å²) < 4.78 is 0. The van der Waals surface area contributed by atoms with Crippen LogP contribution in [0.25, 0.3) is 0 Å². The summed E-state index contributed by atoms with van der Waals surface area (Å²) in [5.74, 6) is 0.926. The number of amides is 1. The quantitative estimate of drug-likeness (QED) is 0.686. The molecule has 136 valence electrons. The third kappa shape index (κ3) is 6.30. The summed E-state index contributed by atoms with van der Waals surface area (Å²) in [7, 11) is 1.98. The zero-order valence-corrected chi connectivity index (χ0v) is 17.2. The van der Waals surface area contributed by atoms with Crippen LogP contribution in [-0.4, -0.2) is 42.7 Å². The Hall–Kier alpha value is -0.130. The molecule has 0 bridgehead atoms. The third-order valence-corrected chi connectivity index (χ3v) is 6.10. The van der Waals surface area contributed by atoms with Crippen LogP contribution in [0.15, 0.2) is 23.1 Å². The van der Waals surface area contributed by atoms with Gasteiger partial charge in [-0.15, -0.1) is 24.2 Å². The van der Waals surface area contributed by atoms with Crippen LogP contribution in [0.3, 0.4) is 0 Å². The molecule has 0 saturated carbocycles. The van der Waals surface area contributed by atoms with Crippen molar-refractivity contribution in [2.75, 3.05) is 26.7 Å². The molecule has 1 N–H and O–H groups in total. The van der Waals surface area contributed by atoms with E-state index in [4.69, 9.17) is 23.2 Å². The number of piperidine rings is 1. The number of carbonyl (C=O) groups excluding carboxylic acids is 1. The predicted octanol–water partition coefficient (Wildman–Crippen LogP) is 4.74. The molecule has 1 unspecified atom stereocenters. The highest BCUT2D eigenvalue weighted by Crippen LogP contribution is 2.33. The summed E-state index contributed by atoms with van der Waals surface area (Å²) in [6, 6.07) is 5.36. The van der Waals surface area contributed by atoms with Gasteiger partial charge in [-0.25, -0.2) is 0 Å². The Bertz CT molecular complexity index is 537. The molecule has 1 amide bonds. The molecular formula is C17H25Cl3N2OS. The van der Waals surface area contributed by atoms with Crippen LogP contribution in [0, 0.1) is 5.92 Å². The van der Waals surface area contributed by atoms with E-state index in [1.54, 1.807) is 12.1 Å². The van der Waals surface area contributed by atoms with Crippen molar-refractivity contribution in [1.82, 2.24) is 10.2 Å². The van der Waals surface area contributed by atoms with Crippen molar-refractivity contribution >= 4 is 53.3 Å². The largest absolute Gasteiger partial charge is 0.342 e. The van der Waals surface area contributed by atoms with E-state index in [-0.39, 0.29) is 23.6 Å². The zero-order valence-electron chi connectivity index (χ0n) is 14.1. The molecule has 0 radical (unpaired) electrons. The van der Waals surface area contributed by atoms with Gasteiger partial charge in [-0.3, -0.25) is 4.79 Å². The molecule has 7 heteroatoms. The van der Waals surface area contributed by atoms with Gasteiger partial charge in [0.05, 0.1) is 10.3 Å². The van der Waals surface area contributed by atoms with Crippen molar-refractivity contribution in [3.8, 4) is 0 Å². The first-order valence-electron chi connectivity index (χ1n) is 8.06. The minimum absolute atomic E-state index is 0. The van der Waals surface area contributed by atoms with Gasteiger partial charge in [-0.2, -0.15) is 0 Å². The molecule has 1 atom stereocenters. The van der Waals surface area contributed by atoms with Gasteiger partial charge in [-0.05, 0) is 63.9 Å². The van der Waals surface area contributed by atoms with E-state index in [1.807, 2.05) is 24.9 Å². The van der Waals surface area contributed by atoms with Crippen molar-refractivity contribution in [3.05, 3.63) is 28.2 Å². The normalized spacial score (nSPS) is 16.6. The lowest BCUT2D eigenvalue weighted by Crippen LogP contribution is -2.42. The Morgan fingerprint density at radius 3 is 2.67 bits per heavy atom. The maximum absolute atomic E-state index is 12.6. The molecule has 1 heterocycles. The van der Waals surface area contributed by atoms with Gasteiger partial charge in [0.25, 0.3) is 0 Å². The van der Waals surface area contributed by atoms with Gasteiger partial charge >= 0.3 is 0 Å². The van der Waals surface area contributed by atoms with Gasteiger partial charge in [0.1, 0.15) is 0 Å². The lowest BCUT2D eigenvalue weighted by molar-refractivity contribution is -0.131. The maximum Gasteiger partial charge on any atom is 0.235 e. The van der Waals surface area contributed by atoms with E-state index in [1.165, 1.54) is 18.2 Å². The molecule has 3 nitrogen and oxygen atoms in total. The molecule has 1 aromatic carbocycles. The fourth-order valence-corrected chi connectivity index (χ4v) is 4.35. The second kappa shape index (κ2) is 10.8. The van der Waals surface area contributed by atoms with E-state index < -0.39 is 0 Å². The summed E-state index contributed by atoms with van der Waals surface area (Å²) in [4.78, 5) is 15.5. The lowest BCUT2D eigenvalue weighted by atomic mass is 9.93. The van der Waals surface area contributed by atoms with Crippen LogP contribution in [0.2, 0.25) is 10.0 Å². The number of thioether (sulfide) groups is 1. The van der Waals surface area contributed by atoms with Crippen LogP contribution < -0.4 is 5.32 Å². The van der Waals surface area contributed by atoms with Crippen molar-refractivity contribution in [2.45, 2.75) is 36.3 Å². The van der Waals surface area contributed by atoms with Crippen molar-refractivity contribution in [3.63, 3.8) is 0 Å². The second-order valence-corrected chi connectivity index (χ2v) is 8.22. The Morgan fingerprint density at radius 1 is 1.38 bits per heavy atom. The standard InChI is InChI=1S/C17H24Cl2N2OS.ClH/c1-12(23-16-11-14(18)3-4-15(16)19)17(22)21-9-6-13(7-10-21)5-8-20-2;/h3-4,11-13,20H,5-10H2,1-2H3;1H. The van der Waals surface area contributed by atoms with E-state index in [2.05, 4.69) is 5.32 Å². The fourth-order valence-electron chi connectivity index (χ4n) is 2.86. The van der Waals surface area contributed by atoms with E-state index in [9.17, 15) is 4.79 Å². The number of hydrogen-bond donors (Lipinski definition) is 1. The average molecular weight is 412 g/mol. The molecule has 0 spiro atoms. The molecule has 2 rings (SSSR count). The number of nitrogens with one attached hydrogen (secondary N) is 1. The average Bonchev–Trinajstić information content (AvgIpc) is 2.56. The highest BCUT2D eigenvalue weighted by molar-refractivity contribution is 8.00. The van der Waals surface area contributed by atoms with E-state index >= 15 is 0 Å². The predicted molar refractivity (Wildman–Crippen MR) is 107 cm³/mol. The summed E-state index contributed by atoms with van der Waals surface area (Å²) in [5, 5.41) is 4.33. The van der Waals surface area contributed by atoms with Gasteiger partial charge in [-0.1, -0.05) is 23.2 Å². The molecular weight excluding hydrogens is 387 g/mol. The molecule has 1 aliphatic rings. The number of nitrogens with zero attached hydrogens (tertiary/aromatic N) is 1. The zero-order chi connectivity index (χ0) is 16.8. The van der Waals surface area contributed by atoms with Crippen LogP contribution >= 0.6 is 47.4 Å². The number of rotatable bonds is 6. The van der Waals surface area contributed by atoms with Crippen LogP contribution in [0.1, 0.15) is 26.2 Å². The monoisotopic (exact) mass is 410 g/mol. The first kappa shape index (κ1) is 21.9. The van der Waals surface area contributed by atoms with Gasteiger partial charge in [0, 0.05) is 23.0 Å². The molecule has 1 saturated heterocycles. The van der Waals surface area contributed by atoms with Crippen molar-refractivity contribution < 1.29 is 4.79 Å². The number of carbonyl (C=O) groups is 1. The fraction of sp³-hybridized carbons (Fsp3) is 0.588. The van der Waals surface area contributed by atoms with E-state index in [0.29, 0.717) is 10.0 Å². The Balaban J connectivity index is 0.00000288. The second-order valence-electron chi connectivity index (χ2n) is 6.00. The summed E-state index contributed by atoms with van der Waals surface area (Å²) in [6.45, 7) is 4.72.